The zero-order valence-electron chi connectivity index (χ0n) is 18.9. The molecule has 0 spiro atoms. The van der Waals surface area contributed by atoms with Gasteiger partial charge in [0.25, 0.3) is 0 Å². The van der Waals surface area contributed by atoms with Crippen molar-refractivity contribution in [2.24, 2.45) is 0 Å². The number of anilines is 1. The van der Waals surface area contributed by atoms with Crippen molar-refractivity contribution in [3.63, 3.8) is 0 Å². The number of amides is 1. The van der Waals surface area contributed by atoms with Crippen LogP contribution in [0.2, 0.25) is 0 Å². The number of rotatable bonds is 8. The summed E-state index contributed by atoms with van der Waals surface area (Å²) in [5, 5.41) is 7.80. The lowest BCUT2D eigenvalue weighted by Crippen LogP contribution is -2.23. The maximum Gasteiger partial charge on any atom is 0.220 e. The van der Waals surface area contributed by atoms with Crippen LogP contribution in [0.15, 0.2) is 78.9 Å². The molecule has 0 bridgehead atoms. The molecular formula is C27H28N4O2. The Balaban J connectivity index is 1.51. The van der Waals surface area contributed by atoms with Gasteiger partial charge in [-0.05, 0) is 55.0 Å². The van der Waals surface area contributed by atoms with Crippen LogP contribution >= 0.6 is 0 Å². The summed E-state index contributed by atoms with van der Waals surface area (Å²) in [6.45, 7) is 2.57. The van der Waals surface area contributed by atoms with Gasteiger partial charge in [0.05, 0.1) is 24.2 Å². The van der Waals surface area contributed by atoms with Crippen LogP contribution in [0.5, 0.6) is 5.75 Å². The molecule has 0 aliphatic heterocycles. The van der Waals surface area contributed by atoms with Crippen LogP contribution in [-0.2, 0) is 17.8 Å². The maximum absolute atomic E-state index is 12.4. The van der Waals surface area contributed by atoms with Crippen LogP contribution in [0.1, 0.15) is 23.2 Å². The first-order valence-electron chi connectivity index (χ1n) is 10.9. The molecule has 6 nitrogen and oxygen atoms in total. The average Bonchev–Trinajstić information content (AvgIpc) is 3.26. The van der Waals surface area contributed by atoms with Crippen molar-refractivity contribution in [1.82, 2.24) is 15.1 Å². The summed E-state index contributed by atoms with van der Waals surface area (Å²) in [4.78, 5) is 12.4. The molecule has 4 aromatic rings. The number of aromatic nitrogens is 2. The van der Waals surface area contributed by atoms with E-state index in [-0.39, 0.29) is 5.91 Å². The fourth-order valence-corrected chi connectivity index (χ4v) is 3.73. The van der Waals surface area contributed by atoms with Gasteiger partial charge in [0.1, 0.15) is 5.75 Å². The van der Waals surface area contributed by atoms with E-state index >= 15 is 0 Å². The van der Waals surface area contributed by atoms with E-state index in [1.54, 1.807) is 7.11 Å². The van der Waals surface area contributed by atoms with Crippen LogP contribution < -0.4 is 15.8 Å². The van der Waals surface area contributed by atoms with Gasteiger partial charge in [-0.15, -0.1) is 0 Å². The lowest BCUT2D eigenvalue weighted by Gasteiger charge is -2.09. The highest BCUT2D eigenvalue weighted by atomic mass is 16.5. The van der Waals surface area contributed by atoms with Crippen molar-refractivity contribution in [3.8, 4) is 22.7 Å². The Kier molecular flexibility index (Phi) is 6.74. The first-order chi connectivity index (χ1) is 16.0. The Bertz CT molecular complexity index is 1250. The number of nitrogens with zero attached hydrogens (tertiary/aromatic N) is 2. The summed E-state index contributed by atoms with van der Waals surface area (Å²) in [5.74, 6) is 0.780. The highest BCUT2D eigenvalue weighted by Gasteiger charge is 2.14. The second-order valence-corrected chi connectivity index (χ2v) is 8.02. The van der Waals surface area contributed by atoms with Gasteiger partial charge in [-0.2, -0.15) is 5.10 Å². The number of methoxy groups -OCH3 is 1. The van der Waals surface area contributed by atoms with Crippen LogP contribution in [-0.4, -0.2) is 22.8 Å². The fraction of sp³-hybridized carbons (Fsp3) is 0.185. The van der Waals surface area contributed by atoms with Crippen LogP contribution in [0, 0.1) is 6.92 Å². The monoisotopic (exact) mass is 440 g/mol. The molecular weight excluding hydrogens is 412 g/mol. The Morgan fingerprint density at radius 2 is 1.82 bits per heavy atom. The zero-order chi connectivity index (χ0) is 23.2. The average molecular weight is 441 g/mol. The number of nitrogens with one attached hydrogen (secondary N) is 1. The molecule has 0 atom stereocenters. The largest absolute Gasteiger partial charge is 0.497 e. The summed E-state index contributed by atoms with van der Waals surface area (Å²) in [6.07, 6.45) is 0.903. The first-order valence-corrected chi connectivity index (χ1v) is 10.9. The van der Waals surface area contributed by atoms with Gasteiger partial charge in [0.2, 0.25) is 5.91 Å². The summed E-state index contributed by atoms with van der Waals surface area (Å²) < 4.78 is 7.16. The van der Waals surface area contributed by atoms with Gasteiger partial charge >= 0.3 is 0 Å². The third kappa shape index (κ3) is 5.60. The molecule has 0 aliphatic carbocycles. The minimum absolute atomic E-state index is 0.000934. The van der Waals surface area contributed by atoms with Crippen molar-refractivity contribution >= 4 is 11.6 Å². The Hall–Kier alpha value is -4.06. The number of nitrogen functional groups attached to an aromatic ring is 1. The van der Waals surface area contributed by atoms with E-state index in [0.717, 1.165) is 34.0 Å². The van der Waals surface area contributed by atoms with Gasteiger partial charge in [-0.1, -0.05) is 42.0 Å². The van der Waals surface area contributed by atoms with Gasteiger partial charge in [-0.25, -0.2) is 4.68 Å². The molecule has 33 heavy (non-hydrogen) atoms. The van der Waals surface area contributed by atoms with Crippen molar-refractivity contribution in [2.45, 2.75) is 26.3 Å². The topological polar surface area (TPSA) is 82.2 Å². The molecule has 0 aliphatic rings. The van der Waals surface area contributed by atoms with Crippen molar-refractivity contribution < 1.29 is 9.53 Å². The maximum atomic E-state index is 12.4. The minimum Gasteiger partial charge on any atom is -0.497 e. The number of hydrogen-bond donors (Lipinski definition) is 2. The second-order valence-electron chi connectivity index (χ2n) is 8.02. The van der Waals surface area contributed by atoms with E-state index < -0.39 is 0 Å². The third-order valence-corrected chi connectivity index (χ3v) is 5.44. The standard InChI is InChI=1S/C27H28N4O2/c1-19-5-3-6-20(15-19)18-29-27(32)14-9-23-17-26(21-7-4-8-22(28)16-21)31(30-23)24-10-12-25(33-2)13-11-24/h3-8,10-13,15-17H,9,14,18,28H2,1-2H3,(H,29,32). The first kappa shape index (κ1) is 22.1. The van der Waals surface area contributed by atoms with E-state index in [2.05, 4.69) is 11.4 Å². The minimum atomic E-state index is 0.000934. The summed E-state index contributed by atoms with van der Waals surface area (Å²) in [6, 6.07) is 25.6. The van der Waals surface area contributed by atoms with E-state index in [1.165, 1.54) is 5.56 Å². The number of ether oxygens (including phenoxy) is 1. The molecule has 0 saturated heterocycles. The molecule has 3 N–H and O–H groups in total. The highest BCUT2D eigenvalue weighted by Crippen LogP contribution is 2.27. The molecule has 3 aromatic carbocycles. The molecule has 0 saturated carbocycles. The number of hydrogen-bond acceptors (Lipinski definition) is 4. The van der Waals surface area contributed by atoms with Crippen molar-refractivity contribution in [1.29, 1.82) is 0 Å². The lowest BCUT2D eigenvalue weighted by molar-refractivity contribution is -0.121. The number of carbonyl (C=O) groups is 1. The summed E-state index contributed by atoms with van der Waals surface area (Å²) in [7, 11) is 1.64. The predicted octanol–water partition coefficient (Wildman–Crippen LogP) is 4.69. The van der Waals surface area contributed by atoms with Gasteiger partial charge in [-0.3, -0.25) is 4.79 Å². The van der Waals surface area contributed by atoms with Gasteiger partial charge in [0.15, 0.2) is 0 Å². The highest BCUT2D eigenvalue weighted by molar-refractivity contribution is 5.76. The Labute approximate surface area is 194 Å². The molecule has 0 unspecified atom stereocenters. The number of nitrogens with two attached hydrogens (primary N) is 1. The number of carbonyl (C=O) groups excluding carboxylic acids is 1. The molecule has 1 amide bonds. The van der Waals surface area contributed by atoms with Crippen LogP contribution in [0.4, 0.5) is 5.69 Å². The fourth-order valence-electron chi connectivity index (χ4n) is 3.73. The summed E-state index contributed by atoms with van der Waals surface area (Å²) in [5.41, 5.74) is 12.6. The molecule has 6 heteroatoms. The van der Waals surface area contributed by atoms with Crippen LogP contribution in [0.25, 0.3) is 16.9 Å². The zero-order valence-corrected chi connectivity index (χ0v) is 18.9. The smallest absolute Gasteiger partial charge is 0.220 e. The molecule has 0 radical (unpaired) electrons. The third-order valence-electron chi connectivity index (χ3n) is 5.44. The van der Waals surface area contributed by atoms with Gasteiger partial charge in [0, 0.05) is 30.6 Å². The quantitative estimate of drug-likeness (QED) is 0.390. The lowest BCUT2D eigenvalue weighted by atomic mass is 10.1. The predicted molar refractivity (Wildman–Crippen MR) is 131 cm³/mol. The second kappa shape index (κ2) is 10.0. The van der Waals surface area contributed by atoms with E-state index in [1.807, 2.05) is 84.4 Å². The summed E-state index contributed by atoms with van der Waals surface area (Å²) >= 11 is 0. The normalized spacial score (nSPS) is 10.7. The molecule has 168 valence electrons. The Morgan fingerprint density at radius 1 is 1.03 bits per heavy atom. The van der Waals surface area contributed by atoms with Gasteiger partial charge < -0.3 is 15.8 Å². The van der Waals surface area contributed by atoms with E-state index in [9.17, 15) is 4.79 Å². The molecule has 4 rings (SSSR count). The number of benzene rings is 3. The molecule has 1 heterocycles. The van der Waals surface area contributed by atoms with Crippen molar-refractivity contribution in [3.05, 3.63) is 95.7 Å². The van der Waals surface area contributed by atoms with Crippen molar-refractivity contribution in [2.75, 3.05) is 12.8 Å². The molecule has 1 aromatic heterocycles. The van der Waals surface area contributed by atoms with E-state index in [4.69, 9.17) is 15.6 Å². The van der Waals surface area contributed by atoms with E-state index in [0.29, 0.717) is 25.1 Å². The Morgan fingerprint density at radius 3 is 2.55 bits per heavy atom. The van der Waals surface area contributed by atoms with Crippen LogP contribution in [0.3, 0.4) is 0 Å². The molecule has 0 fully saturated rings. The SMILES string of the molecule is COc1ccc(-n2nc(CCC(=O)NCc3cccc(C)c3)cc2-c2cccc(N)c2)cc1. The number of aryl methyl sites for hydroxylation is 2.